The van der Waals surface area contributed by atoms with Crippen LogP contribution in [-0.4, -0.2) is 85.8 Å². The van der Waals surface area contributed by atoms with Crippen LogP contribution < -0.4 is 10.5 Å². The van der Waals surface area contributed by atoms with Crippen molar-refractivity contribution in [3.63, 3.8) is 0 Å². The number of fused-ring (bicyclic) bond motifs is 1. The fourth-order valence-corrected chi connectivity index (χ4v) is 5.05. The van der Waals surface area contributed by atoms with Crippen LogP contribution in [0.1, 0.15) is 53.6 Å². The number of carbonyl (C=O) groups excluding carboxylic acids is 2. The second-order valence-corrected chi connectivity index (χ2v) is 11.3. The summed E-state index contributed by atoms with van der Waals surface area (Å²) >= 11 is 0. The number of anilines is 1. The Balaban J connectivity index is 1.35. The van der Waals surface area contributed by atoms with Crippen LogP contribution in [0.3, 0.4) is 0 Å². The number of carboxylic acids is 1. The molecule has 0 bridgehead atoms. The number of nitrogens with two attached hydrogens (primary N) is 1. The lowest BCUT2D eigenvalue weighted by molar-refractivity contribution is -0.127. The van der Waals surface area contributed by atoms with Crippen molar-refractivity contribution in [2.24, 2.45) is 5.41 Å². The summed E-state index contributed by atoms with van der Waals surface area (Å²) in [6, 6.07) is 5.63. The number of nitrogen functional groups attached to an aromatic ring is 1. The van der Waals surface area contributed by atoms with E-state index in [9.17, 15) is 38.1 Å². The van der Waals surface area contributed by atoms with Crippen molar-refractivity contribution in [2.45, 2.75) is 51.2 Å². The summed E-state index contributed by atoms with van der Waals surface area (Å²) in [5, 5.41) is 30.2. The molecule has 1 aliphatic rings. The van der Waals surface area contributed by atoms with Gasteiger partial charge in [0.05, 0.1) is 18.5 Å². The zero-order valence-corrected chi connectivity index (χ0v) is 22.7. The van der Waals surface area contributed by atoms with Gasteiger partial charge in [-0.15, -0.1) is 0 Å². The molecule has 0 saturated carbocycles. The number of amides is 1. The molecular formula is C24H28N6O10S. The van der Waals surface area contributed by atoms with E-state index < -0.39 is 64.5 Å². The van der Waals surface area contributed by atoms with Crippen molar-refractivity contribution >= 4 is 44.9 Å². The van der Waals surface area contributed by atoms with E-state index in [2.05, 4.69) is 15.0 Å². The van der Waals surface area contributed by atoms with Crippen LogP contribution in [-0.2, 0) is 24.0 Å². The number of benzene rings is 1. The van der Waals surface area contributed by atoms with Crippen LogP contribution in [0.15, 0.2) is 36.9 Å². The summed E-state index contributed by atoms with van der Waals surface area (Å²) in [6.07, 6.45) is -3.51. The number of carbonyl (C=O) groups is 3. The van der Waals surface area contributed by atoms with Crippen molar-refractivity contribution in [3.8, 4) is 0 Å². The van der Waals surface area contributed by atoms with E-state index >= 15 is 0 Å². The standard InChI is InChI=1S/C24H28N6O10S/c1-24(2,8-7-14(31)12-5-3-4-6-13(12)22(34)35)23(36)29-41(37,38)39-9-15-17(32)18(33)21(40-15)30-11-28-16-19(25)26-10-27-20(16)30/h3-6,10-11,15,17-18,21,32-33H,7-9H2,1-2H3,(H,29,36)(H,34,35)(H2,25,26,27)/t15-,17-,18-,21-/m1/s1. The van der Waals surface area contributed by atoms with E-state index in [-0.39, 0.29) is 41.0 Å². The molecule has 3 aromatic rings. The number of imidazole rings is 1. The van der Waals surface area contributed by atoms with Gasteiger partial charge in [-0.3, -0.25) is 18.3 Å². The fraction of sp³-hybridized carbons (Fsp3) is 0.417. The van der Waals surface area contributed by atoms with Gasteiger partial charge in [-0.2, -0.15) is 8.42 Å². The number of rotatable bonds is 11. The maximum absolute atomic E-state index is 12.7. The Labute approximate surface area is 233 Å². The molecule has 17 heteroatoms. The number of ether oxygens (including phenoxy) is 1. The zero-order chi connectivity index (χ0) is 30.1. The third kappa shape index (κ3) is 6.33. The number of nitrogens with zero attached hydrogens (tertiary/aromatic N) is 4. The average Bonchev–Trinajstić information content (AvgIpc) is 3.47. The molecule has 1 fully saturated rings. The van der Waals surface area contributed by atoms with Crippen molar-refractivity contribution in [1.29, 1.82) is 0 Å². The number of hydrogen-bond donors (Lipinski definition) is 5. The first-order valence-electron chi connectivity index (χ1n) is 12.2. The van der Waals surface area contributed by atoms with Crippen LogP contribution in [0.4, 0.5) is 5.82 Å². The van der Waals surface area contributed by atoms with Gasteiger partial charge in [-0.1, -0.05) is 32.0 Å². The molecule has 1 amide bonds. The zero-order valence-electron chi connectivity index (χ0n) is 21.9. The summed E-state index contributed by atoms with van der Waals surface area (Å²) in [7, 11) is -4.70. The van der Waals surface area contributed by atoms with E-state index in [1.54, 1.807) is 4.72 Å². The molecule has 0 unspecified atom stereocenters. The third-order valence-corrected chi connectivity index (χ3v) is 7.53. The van der Waals surface area contributed by atoms with E-state index in [1.165, 1.54) is 55.3 Å². The molecule has 4 rings (SSSR count). The average molecular weight is 593 g/mol. The molecule has 3 heterocycles. The van der Waals surface area contributed by atoms with Crippen molar-refractivity contribution in [3.05, 3.63) is 48.0 Å². The van der Waals surface area contributed by atoms with E-state index in [4.69, 9.17) is 14.7 Å². The number of hydrogen-bond acceptors (Lipinski definition) is 13. The van der Waals surface area contributed by atoms with Gasteiger partial charge >= 0.3 is 16.3 Å². The summed E-state index contributed by atoms with van der Waals surface area (Å²) in [5.74, 6) is -2.70. The van der Waals surface area contributed by atoms with Gasteiger partial charge in [0, 0.05) is 17.4 Å². The number of Topliss-reactive ketones (excluding diaryl/α,β-unsaturated/α-hetero) is 1. The maximum Gasteiger partial charge on any atom is 0.362 e. The molecule has 2 aromatic heterocycles. The second-order valence-electron chi connectivity index (χ2n) is 9.96. The number of aliphatic hydroxyl groups is 2. The highest BCUT2D eigenvalue weighted by Gasteiger charge is 2.45. The van der Waals surface area contributed by atoms with Gasteiger partial charge in [0.1, 0.15) is 30.2 Å². The Bertz CT molecular complexity index is 1590. The number of aromatic carboxylic acids is 1. The van der Waals surface area contributed by atoms with Gasteiger partial charge in [0.2, 0.25) is 5.91 Å². The largest absolute Gasteiger partial charge is 0.478 e. The first kappa shape index (κ1) is 29.9. The van der Waals surface area contributed by atoms with Crippen molar-refractivity contribution in [2.75, 3.05) is 12.3 Å². The predicted molar refractivity (Wildman–Crippen MR) is 139 cm³/mol. The normalized spacial score (nSPS) is 21.2. The minimum Gasteiger partial charge on any atom is -0.478 e. The molecule has 41 heavy (non-hydrogen) atoms. The molecule has 0 radical (unpaired) electrons. The summed E-state index contributed by atoms with van der Waals surface area (Å²) < 4.78 is 38.5. The monoisotopic (exact) mass is 592 g/mol. The first-order chi connectivity index (χ1) is 19.2. The highest BCUT2D eigenvalue weighted by molar-refractivity contribution is 7.85. The topological polar surface area (TPSA) is 246 Å². The number of aliphatic hydroxyl groups excluding tert-OH is 2. The molecule has 220 valence electrons. The Kier molecular flexibility index (Phi) is 8.36. The smallest absolute Gasteiger partial charge is 0.362 e. The van der Waals surface area contributed by atoms with Gasteiger partial charge in [0.25, 0.3) is 0 Å². The number of ketones is 1. The van der Waals surface area contributed by atoms with Crippen LogP contribution >= 0.6 is 0 Å². The summed E-state index contributed by atoms with van der Waals surface area (Å²) in [5.41, 5.74) is 4.62. The van der Waals surface area contributed by atoms with Crippen LogP contribution in [0.25, 0.3) is 11.2 Å². The van der Waals surface area contributed by atoms with E-state index in [1.807, 2.05) is 0 Å². The van der Waals surface area contributed by atoms with Crippen molar-refractivity contribution < 1.29 is 47.0 Å². The fourth-order valence-electron chi connectivity index (χ4n) is 4.18. The quantitative estimate of drug-likeness (QED) is 0.181. The first-order valence-corrected chi connectivity index (χ1v) is 13.6. The minimum absolute atomic E-state index is 0.0256. The Hall–Kier alpha value is -4.03. The molecule has 1 saturated heterocycles. The van der Waals surface area contributed by atoms with Gasteiger partial charge in [0.15, 0.2) is 23.5 Å². The molecule has 16 nitrogen and oxygen atoms in total. The van der Waals surface area contributed by atoms with Gasteiger partial charge < -0.3 is 25.8 Å². The number of aromatic nitrogens is 4. The lowest BCUT2D eigenvalue weighted by atomic mass is 9.85. The molecule has 0 aliphatic carbocycles. The molecule has 1 aliphatic heterocycles. The van der Waals surface area contributed by atoms with Crippen LogP contribution in [0, 0.1) is 5.41 Å². The summed E-state index contributed by atoms with van der Waals surface area (Å²) in [4.78, 5) is 48.7. The SMILES string of the molecule is CC(C)(CCC(=O)c1ccccc1C(=O)O)C(=O)NS(=O)(=O)OC[C@H]1O[C@@H](n2cnc3c(N)ncnc32)[C@H](O)[C@@H]1O. The molecule has 0 spiro atoms. The van der Waals surface area contributed by atoms with Crippen LogP contribution in [0.5, 0.6) is 0 Å². The van der Waals surface area contributed by atoms with Gasteiger partial charge in [-0.05, 0) is 12.5 Å². The predicted octanol–water partition coefficient (Wildman–Crippen LogP) is -0.207. The second kappa shape index (κ2) is 11.5. The molecule has 6 N–H and O–H groups in total. The molecule has 4 atom stereocenters. The van der Waals surface area contributed by atoms with Gasteiger partial charge in [-0.25, -0.2) is 24.5 Å². The maximum atomic E-state index is 12.7. The van der Waals surface area contributed by atoms with Crippen LogP contribution in [0.2, 0.25) is 0 Å². The Morgan fingerprint density at radius 3 is 2.49 bits per heavy atom. The highest BCUT2D eigenvalue weighted by Crippen LogP contribution is 2.32. The number of nitrogens with one attached hydrogen (secondary N) is 1. The van der Waals surface area contributed by atoms with E-state index in [0.717, 1.165) is 0 Å². The van der Waals surface area contributed by atoms with Crippen molar-refractivity contribution in [1.82, 2.24) is 24.2 Å². The number of carboxylic acid groups (broad SMARTS) is 1. The summed E-state index contributed by atoms with van der Waals surface area (Å²) in [6.45, 7) is 2.06. The van der Waals surface area contributed by atoms with E-state index in [0.29, 0.717) is 0 Å². The lowest BCUT2D eigenvalue weighted by Gasteiger charge is -2.23. The highest BCUT2D eigenvalue weighted by atomic mass is 32.2. The third-order valence-electron chi connectivity index (χ3n) is 6.65. The molecule has 1 aromatic carbocycles. The lowest BCUT2D eigenvalue weighted by Crippen LogP contribution is -2.43. The molecular weight excluding hydrogens is 564 g/mol. The Morgan fingerprint density at radius 2 is 1.80 bits per heavy atom. The minimum atomic E-state index is -4.70. The Morgan fingerprint density at radius 1 is 1.12 bits per heavy atom.